The molecule has 2 aliphatic rings. The summed E-state index contributed by atoms with van der Waals surface area (Å²) in [6.07, 6.45) is 4.44. The van der Waals surface area contributed by atoms with E-state index in [9.17, 15) is 10.2 Å². The van der Waals surface area contributed by atoms with Crippen LogP contribution in [0.2, 0.25) is 0 Å². The largest absolute Gasteiger partial charge is 0.384 e. The highest BCUT2D eigenvalue weighted by Gasteiger charge is 2.35. The first kappa shape index (κ1) is 21.0. The molecule has 4 N–H and O–H groups in total. The van der Waals surface area contributed by atoms with E-state index in [2.05, 4.69) is 10.6 Å². The van der Waals surface area contributed by atoms with Gasteiger partial charge in [0.05, 0.1) is 0 Å². The third-order valence-electron chi connectivity index (χ3n) is 6.19. The summed E-state index contributed by atoms with van der Waals surface area (Å²) in [5.74, 6) is 0. The zero-order valence-electron chi connectivity index (χ0n) is 17.1. The molecule has 152 valence electrons. The first-order valence-electron chi connectivity index (χ1n) is 10.4. The van der Waals surface area contributed by atoms with Crippen LogP contribution in [0.1, 0.15) is 50.7 Å². The molecule has 0 unspecified atom stereocenters. The van der Waals surface area contributed by atoms with Crippen LogP contribution in [0.4, 0.5) is 0 Å². The highest BCUT2D eigenvalue weighted by molar-refractivity contribution is 5.24. The molecule has 0 radical (unpaired) electrons. The van der Waals surface area contributed by atoms with Crippen LogP contribution in [0.25, 0.3) is 0 Å². The van der Waals surface area contributed by atoms with E-state index in [4.69, 9.17) is 0 Å². The molecule has 4 rings (SSSR count). The Labute approximate surface area is 169 Å². The Morgan fingerprint density at radius 1 is 0.679 bits per heavy atom. The number of hydrogen-bond donors (Lipinski definition) is 4. The molecule has 0 saturated carbocycles. The molecule has 0 aromatic heterocycles. The van der Waals surface area contributed by atoms with Crippen molar-refractivity contribution in [3.05, 3.63) is 71.8 Å². The van der Waals surface area contributed by atoms with Gasteiger partial charge in [-0.1, -0.05) is 60.7 Å². The summed E-state index contributed by atoms with van der Waals surface area (Å²) in [4.78, 5) is 0. The van der Waals surface area contributed by atoms with E-state index in [1.54, 1.807) is 0 Å². The van der Waals surface area contributed by atoms with E-state index < -0.39 is 11.2 Å². The number of benzene rings is 2. The molecule has 2 heterocycles. The minimum absolute atomic E-state index is 0.199. The van der Waals surface area contributed by atoms with Gasteiger partial charge >= 0.3 is 0 Å². The van der Waals surface area contributed by atoms with Crippen LogP contribution in [0.15, 0.2) is 60.7 Å². The molecule has 2 fully saturated rings. The van der Waals surface area contributed by atoms with Crippen LogP contribution >= 0.6 is 0 Å². The number of aliphatic hydroxyl groups is 2. The average Bonchev–Trinajstić information content (AvgIpc) is 3.44. The van der Waals surface area contributed by atoms with E-state index in [1.807, 2.05) is 74.5 Å². The van der Waals surface area contributed by atoms with Gasteiger partial charge in [0, 0.05) is 12.1 Å². The van der Waals surface area contributed by atoms with Crippen molar-refractivity contribution in [3.8, 4) is 0 Å². The Morgan fingerprint density at radius 3 is 1.32 bits per heavy atom. The molecule has 0 aliphatic carbocycles. The van der Waals surface area contributed by atoms with E-state index in [0.29, 0.717) is 0 Å². The lowest BCUT2D eigenvalue weighted by atomic mass is 9.87. The molecule has 0 amide bonds. The summed E-state index contributed by atoms with van der Waals surface area (Å²) in [6, 6.07) is 20.2. The molecule has 0 bridgehead atoms. The fraction of sp³-hybridized carbons (Fsp3) is 0.500. The van der Waals surface area contributed by atoms with Crippen molar-refractivity contribution in [2.75, 3.05) is 13.1 Å². The summed E-state index contributed by atoms with van der Waals surface area (Å²) >= 11 is 0. The molecule has 4 atom stereocenters. The fourth-order valence-electron chi connectivity index (χ4n) is 4.28. The number of rotatable bonds is 4. The van der Waals surface area contributed by atoms with Gasteiger partial charge in [-0.05, 0) is 63.7 Å². The monoisotopic (exact) mass is 382 g/mol. The maximum Gasteiger partial charge on any atom is 0.102 e. The lowest BCUT2D eigenvalue weighted by Gasteiger charge is -2.30. The van der Waals surface area contributed by atoms with Gasteiger partial charge in [-0.2, -0.15) is 0 Å². The second-order valence-corrected chi connectivity index (χ2v) is 8.32. The quantitative estimate of drug-likeness (QED) is 0.655. The predicted molar refractivity (Wildman–Crippen MR) is 114 cm³/mol. The lowest BCUT2D eigenvalue weighted by molar-refractivity contribution is 0.0215. The van der Waals surface area contributed by atoms with Crippen LogP contribution in [0, 0.1) is 0 Å². The van der Waals surface area contributed by atoms with Crippen molar-refractivity contribution in [1.82, 2.24) is 10.6 Å². The highest BCUT2D eigenvalue weighted by atomic mass is 16.3. The molecular weight excluding hydrogens is 348 g/mol. The highest BCUT2D eigenvalue weighted by Crippen LogP contribution is 2.30. The van der Waals surface area contributed by atoms with Gasteiger partial charge in [0.1, 0.15) is 11.2 Å². The third-order valence-corrected chi connectivity index (χ3v) is 6.19. The minimum atomic E-state index is -0.738. The van der Waals surface area contributed by atoms with Crippen molar-refractivity contribution in [2.24, 2.45) is 0 Å². The topological polar surface area (TPSA) is 64.5 Å². The van der Waals surface area contributed by atoms with Crippen molar-refractivity contribution in [2.45, 2.75) is 62.8 Å². The first-order valence-corrected chi connectivity index (χ1v) is 10.4. The second kappa shape index (κ2) is 9.19. The fourth-order valence-corrected chi connectivity index (χ4v) is 4.28. The Balaban J connectivity index is 0.000000161. The molecule has 28 heavy (non-hydrogen) atoms. The van der Waals surface area contributed by atoms with Crippen LogP contribution < -0.4 is 10.6 Å². The molecule has 0 spiro atoms. The normalized spacial score (nSPS) is 26.0. The van der Waals surface area contributed by atoms with Crippen molar-refractivity contribution < 1.29 is 10.2 Å². The van der Waals surface area contributed by atoms with Crippen molar-refractivity contribution in [3.63, 3.8) is 0 Å². The summed E-state index contributed by atoms with van der Waals surface area (Å²) in [7, 11) is 0. The standard InChI is InChI=1S/2C12H17NO/c2*1-12(14,11-8-5-9-13-11)10-6-3-2-4-7-10/h2*2-4,6-7,11,13-14H,5,8-9H2,1H3/t2*11-,12+/m10/s1. The van der Waals surface area contributed by atoms with Crippen LogP contribution in [-0.2, 0) is 11.2 Å². The van der Waals surface area contributed by atoms with Gasteiger partial charge in [-0.3, -0.25) is 0 Å². The van der Waals surface area contributed by atoms with E-state index in [1.165, 1.54) is 0 Å². The van der Waals surface area contributed by atoms with Crippen LogP contribution in [-0.4, -0.2) is 35.4 Å². The maximum absolute atomic E-state index is 10.4. The lowest BCUT2D eigenvalue weighted by Crippen LogP contribution is -2.42. The SMILES string of the molecule is C[C@@](O)(c1ccccc1)[C@@H]1CCCN1.C[C@](O)(c1ccccc1)[C@H]1CCCN1. The van der Waals surface area contributed by atoms with Crippen molar-refractivity contribution >= 4 is 0 Å². The summed E-state index contributed by atoms with van der Waals surface area (Å²) in [6.45, 7) is 5.83. The van der Waals surface area contributed by atoms with Crippen LogP contribution in [0.3, 0.4) is 0 Å². The third kappa shape index (κ3) is 4.81. The second-order valence-electron chi connectivity index (χ2n) is 8.32. The minimum Gasteiger partial charge on any atom is -0.384 e. The number of hydrogen-bond acceptors (Lipinski definition) is 4. The van der Waals surface area contributed by atoms with Gasteiger partial charge in [-0.15, -0.1) is 0 Å². The zero-order valence-corrected chi connectivity index (χ0v) is 17.1. The molecule has 4 nitrogen and oxygen atoms in total. The Hall–Kier alpha value is -1.72. The molecule has 2 aromatic rings. The van der Waals surface area contributed by atoms with Gasteiger partial charge < -0.3 is 20.8 Å². The summed E-state index contributed by atoms with van der Waals surface area (Å²) in [5, 5.41) is 27.5. The molecule has 2 aliphatic heterocycles. The molecule has 2 saturated heterocycles. The molecule has 4 heteroatoms. The maximum atomic E-state index is 10.4. The van der Waals surface area contributed by atoms with Gasteiger partial charge in [0.2, 0.25) is 0 Å². The Morgan fingerprint density at radius 2 is 1.04 bits per heavy atom. The van der Waals surface area contributed by atoms with Gasteiger partial charge in [0.25, 0.3) is 0 Å². The Bertz CT molecular complexity index is 640. The Kier molecular flexibility index (Phi) is 6.89. The van der Waals surface area contributed by atoms with Crippen LogP contribution in [0.5, 0.6) is 0 Å². The smallest absolute Gasteiger partial charge is 0.102 e. The summed E-state index contributed by atoms with van der Waals surface area (Å²) in [5.41, 5.74) is 0.522. The number of nitrogens with one attached hydrogen (secondary N) is 2. The van der Waals surface area contributed by atoms with Gasteiger partial charge in [-0.25, -0.2) is 0 Å². The average molecular weight is 383 g/mol. The molecule has 2 aromatic carbocycles. The summed E-state index contributed by atoms with van der Waals surface area (Å²) < 4.78 is 0. The zero-order chi connectivity index (χ0) is 20.0. The molecular formula is C24H34N2O2. The van der Waals surface area contributed by atoms with E-state index >= 15 is 0 Å². The van der Waals surface area contributed by atoms with Gasteiger partial charge in [0.15, 0.2) is 0 Å². The first-order chi connectivity index (χ1) is 13.4. The predicted octanol–water partition coefficient (Wildman–Crippen LogP) is 3.29. The van der Waals surface area contributed by atoms with Crippen molar-refractivity contribution in [1.29, 1.82) is 0 Å². The van der Waals surface area contributed by atoms with E-state index in [-0.39, 0.29) is 12.1 Å². The van der Waals surface area contributed by atoms with E-state index in [0.717, 1.165) is 49.9 Å².